The normalized spacial score (nSPS) is 17.7. The van der Waals surface area contributed by atoms with Gasteiger partial charge >= 0.3 is 11.3 Å². The average molecular weight is 305 g/mol. The predicted molar refractivity (Wildman–Crippen MR) is 81.9 cm³/mol. The summed E-state index contributed by atoms with van der Waals surface area (Å²) in [5.74, 6) is 0.449. The summed E-state index contributed by atoms with van der Waals surface area (Å²) >= 11 is 1.05. The van der Waals surface area contributed by atoms with Gasteiger partial charge in [-0.05, 0) is 18.4 Å². The third-order valence-electron chi connectivity index (χ3n) is 3.46. The highest BCUT2D eigenvalue weighted by atomic mass is 32.2. The van der Waals surface area contributed by atoms with Crippen LogP contribution in [0.25, 0.3) is 0 Å². The fourth-order valence-corrected chi connectivity index (χ4v) is 3.18. The molecular formula is C14H15N3O3S. The van der Waals surface area contributed by atoms with Crippen LogP contribution in [0.2, 0.25) is 0 Å². The van der Waals surface area contributed by atoms with Crippen molar-refractivity contribution in [1.82, 2.24) is 5.01 Å². The molecule has 0 atom stereocenters. The smallest absolute Gasteiger partial charge is 0.438 e. The molecule has 0 aromatic heterocycles. The predicted octanol–water partition coefficient (Wildman–Crippen LogP) is 2.68. The maximum atomic E-state index is 11.7. The van der Waals surface area contributed by atoms with Crippen molar-refractivity contribution in [2.24, 2.45) is 5.10 Å². The Balaban J connectivity index is 2.00. The third kappa shape index (κ3) is 2.61. The summed E-state index contributed by atoms with van der Waals surface area (Å²) in [6, 6.07) is 6.03. The Bertz CT molecular complexity index is 630. The van der Waals surface area contributed by atoms with E-state index in [0.717, 1.165) is 47.4 Å². The van der Waals surface area contributed by atoms with E-state index in [1.54, 1.807) is 0 Å². The number of anilines is 1. The van der Waals surface area contributed by atoms with Gasteiger partial charge < -0.3 is 10.1 Å². The van der Waals surface area contributed by atoms with Gasteiger partial charge in [0.2, 0.25) is 0 Å². The molecule has 1 aromatic rings. The standard InChI is InChI=1S/C14H15N3O3S/c1-20-13(18)17-14(19)21-8-11(16-17)10-6-2-4-9-5-3-7-15-12(9)10/h2,4,6,15H,3,5,7-8H2,1H3. The number of carbonyl (C=O) groups is 2. The van der Waals surface area contributed by atoms with Crippen LogP contribution in [0.5, 0.6) is 0 Å². The Hall–Kier alpha value is -2.02. The fraction of sp³-hybridized carbons (Fsp3) is 0.357. The molecule has 0 saturated carbocycles. The highest BCUT2D eigenvalue weighted by molar-refractivity contribution is 8.14. The second-order valence-electron chi connectivity index (χ2n) is 4.75. The number of nitrogens with one attached hydrogen (secondary N) is 1. The monoisotopic (exact) mass is 305 g/mol. The number of fused-ring (bicyclic) bond motifs is 1. The van der Waals surface area contributed by atoms with Crippen LogP contribution in [-0.4, -0.2) is 41.5 Å². The van der Waals surface area contributed by atoms with Crippen LogP contribution < -0.4 is 5.32 Å². The lowest BCUT2D eigenvalue weighted by Gasteiger charge is -2.24. The molecule has 110 valence electrons. The SMILES string of the molecule is COC(=O)N1N=C(c2cccc3c2NCCC3)CSC1=O. The van der Waals surface area contributed by atoms with Crippen LogP contribution in [0.15, 0.2) is 23.3 Å². The van der Waals surface area contributed by atoms with Gasteiger partial charge in [-0.15, -0.1) is 5.01 Å². The molecule has 0 radical (unpaired) electrons. The molecule has 0 fully saturated rings. The summed E-state index contributed by atoms with van der Waals surface area (Å²) in [6.45, 7) is 0.921. The van der Waals surface area contributed by atoms with E-state index < -0.39 is 11.3 Å². The molecule has 0 saturated heterocycles. The molecule has 21 heavy (non-hydrogen) atoms. The highest BCUT2D eigenvalue weighted by Crippen LogP contribution is 2.29. The summed E-state index contributed by atoms with van der Waals surface area (Å²) < 4.78 is 4.59. The molecule has 0 unspecified atom stereocenters. The second kappa shape index (κ2) is 5.77. The Morgan fingerprint density at radius 3 is 3.14 bits per heavy atom. The highest BCUT2D eigenvalue weighted by Gasteiger charge is 2.29. The van der Waals surface area contributed by atoms with Gasteiger partial charge in [0.25, 0.3) is 0 Å². The first-order chi connectivity index (χ1) is 10.2. The van der Waals surface area contributed by atoms with Crippen LogP contribution in [0.3, 0.4) is 0 Å². The summed E-state index contributed by atoms with van der Waals surface area (Å²) in [7, 11) is 1.23. The van der Waals surface area contributed by atoms with E-state index in [2.05, 4.69) is 21.2 Å². The molecule has 2 aliphatic heterocycles. The number of nitrogens with zero attached hydrogens (tertiary/aromatic N) is 2. The number of benzene rings is 1. The number of methoxy groups -OCH3 is 1. The minimum atomic E-state index is -0.762. The number of para-hydroxylation sites is 1. The number of aryl methyl sites for hydroxylation is 1. The topological polar surface area (TPSA) is 71.0 Å². The summed E-state index contributed by atoms with van der Waals surface area (Å²) in [4.78, 5) is 23.3. The first kappa shape index (κ1) is 13.9. The minimum absolute atomic E-state index is 0.414. The minimum Gasteiger partial charge on any atom is -0.451 e. The number of hydrazone groups is 1. The van der Waals surface area contributed by atoms with Crippen molar-refractivity contribution in [3.63, 3.8) is 0 Å². The van der Waals surface area contributed by atoms with Crippen molar-refractivity contribution in [2.45, 2.75) is 12.8 Å². The van der Waals surface area contributed by atoms with Gasteiger partial charge in [-0.2, -0.15) is 5.10 Å². The first-order valence-corrected chi connectivity index (χ1v) is 7.67. The molecule has 7 heteroatoms. The quantitative estimate of drug-likeness (QED) is 0.863. The van der Waals surface area contributed by atoms with Crippen LogP contribution >= 0.6 is 11.8 Å². The van der Waals surface area contributed by atoms with Crippen molar-refractivity contribution in [2.75, 3.05) is 24.7 Å². The largest absolute Gasteiger partial charge is 0.451 e. The maximum absolute atomic E-state index is 11.7. The maximum Gasteiger partial charge on any atom is 0.438 e. The van der Waals surface area contributed by atoms with Gasteiger partial charge in [0.15, 0.2) is 0 Å². The van der Waals surface area contributed by atoms with Gasteiger partial charge in [-0.25, -0.2) is 4.79 Å². The zero-order valence-corrected chi connectivity index (χ0v) is 12.4. The lowest BCUT2D eigenvalue weighted by molar-refractivity contribution is 0.137. The van der Waals surface area contributed by atoms with E-state index in [9.17, 15) is 9.59 Å². The molecular weight excluding hydrogens is 290 g/mol. The van der Waals surface area contributed by atoms with E-state index in [1.807, 2.05) is 12.1 Å². The number of amides is 2. The van der Waals surface area contributed by atoms with Crippen molar-refractivity contribution in [3.05, 3.63) is 29.3 Å². The van der Waals surface area contributed by atoms with E-state index in [4.69, 9.17) is 0 Å². The third-order valence-corrected chi connectivity index (χ3v) is 4.30. The second-order valence-corrected chi connectivity index (χ2v) is 5.68. The average Bonchev–Trinajstić information content (AvgIpc) is 2.54. The molecule has 2 aliphatic rings. The van der Waals surface area contributed by atoms with Gasteiger partial charge in [0, 0.05) is 23.5 Å². The first-order valence-electron chi connectivity index (χ1n) is 6.69. The van der Waals surface area contributed by atoms with Crippen LogP contribution in [0.1, 0.15) is 17.5 Å². The molecule has 6 nitrogen and oxygen atoms in total. The number of carbonyl (C=O) groups excluding carboxylic acids is 2. The van der Waals surface area contributed by atoms with E-state index in [0.29, 0.717) is 11.5 Å². The van der Waals surface area contributed by atoms with Crippen LogP contribution in [-0.2, 0) is 11.2 Å². The number of ether oxygens (including phenoxy) is 1. The molecule has 2 amide bonds. The number of thioether (sulfide) groups is 1. The van der Waals surface area contributed by atoms with E-state index in [1.165, 1.54) is 12.7 Å². The molecule has 1 aromatic carbocycles. The molecule has 0 spiro atoms. The van der Waals surface area contributed by atoms with E-state index in [-0.39, 0.29) is 0 Å². The van der Waals surface area contributed by atoms with Gasteiger partial charge in [-0.1, -0.05) is 30.0 Å². The Morgan fingerprint density at radius 1 is 1.48 bits per heavy atom. The number of hydrogen-bond donors (Lipinski definition) is 1. The summed E-state index contributed by atoms with van der Waals surface area (Å²) in [6.07, 6.45) is 1.36. The lowest BCUT2D eigenvalue weighted by atomic mass is 9.97. The molecule has 3 rings (SSSR count). The van der Waals surface area contributed by atoms with Crippen molar-refractivity contribution >= 4 is 34.5 Å². The van der Waals surface area contributed by atoms with Gasteiger partial charge in [0.1, 0.15) is 0 Å². The molecule has 0 bridgehead atoms. The van der Waals surface area contributed by atoms with Crippen molar-refractivity contribution in [3.8, 4) is 0 Å². The van der Waals surface area contributed by atoms with Crippen molar-refractivity contribution in [1.29, 1.82) is 0 Å². The fourth-order valence-electron chi connectivity index (χ4n) is 2.47. The number of imide groups is 1. The zero-order valence-electron chi connectivity index (χ0n) is 11.6. The molecule has 1 N–H and O–H groups in total. The Kier molecular flexibility index (Phi) is 3.83. The Morgan fingerprint density at radius 2 is 2.33 bits per heavy atom. The molecule has 2 heterocycles. The van der Waals surface area contributed by atoms with Gasteiger partial charge in [-0.3, -0.25) is 4.79 Å². The van der Waals surface area contributed by atoms with Crippen LogP contribution in [0.4, 0.5) is 15.3 Å². The molecule has 0 aliphatic carbocycles. The summed E-state index contributed by atoms with van der Waals surface area (Å²) in [5.41, 5.74) is 3.95. The van der Waals surface area contributed by atoms with Gasteiger partial charge in [0.05, 0.1) is 12.8 Å². The summed E-state index contributed by atoms with van der Waals surface area (Å²) in [5, 5.41) is 7.93. The lowest BCUT2D eigenvalue weighted by Crippen LogP contribution is -2.35. The zero-order chi connectivity index (χ0) is 14.8. The van der Waals surface area contributed by atoms with E-state index >= 15 is 0 Å². The Labute approximate surface area is 126 Å². The number of rotatable bonds is 1. The number of hydrogen-bond acceptors (Lipinski definition) is 6. The van der Waals surface area contributed by atoms with Crippen LogP contribution in [0, 0.1) is 0 Å². The van der Waals surface area contributed by atoms with Crippen molar-refractivity contribution < 1.29 is 14.3 Å².